The van der Waals surface area contributed by atoms with Crippen LogP contribution in [0.25, 0.3) is 10.8 Å². The Balaban J connectivity index is 1.56. The van der Waals surface area contributed by atoms with E-state index in [9.17, 15) is 35.5 Å². The highest BCUT2D eigenvalue weighted by Gasteiger charge is 2.62. The molecule has 1 aromatic heterocycles. The number of halogens is 7. The first kappa shape index (κ1) is 24.0. The van der Waals surface area contributed by atoms with Crippen molar-refractivity contribution in [2.75, 3.05) is 0 Å². The van der Waals surface area contributed by atoms with Crippen molar-refractivity contribution in [2.45, 2.75) is 43.3 Å². The van der Waals surface area contributed by atoms with Gasteiger partial charge in [-0.1, -0.05) is 17.3 Å². The minimum atomic E-state index is -5.21. The Morgan fingerprint density at radius 3 is 2.44 bits per heavy atom. The molecular weight excluding hydrogens is 495 g/mol. The molecule has 2 heterocycles. The number of carbonyl (C=O) groups excluding carboxylic acids is 1. The maximum atomic E-state index is 14.3. The van der Waals surface area contributed by atoms with Crippen LogP contribution in [0.3, 0.4) is 0 Å². The number of oxime groups is 1. The number of pyridine rings is 1. The maximum absolute atomic E-state index is 14.3. The van der Waals surface area contributed by atoms with Crippen molar-refractivity contribution in [1.29, 1.82) is 0 Å². The molecule has 36 heavy (non-hydrogen) atoms. The van der Waals surface area contributed by atoms with E-state index in [2.05, 4.69) is 15.5 Å². The Kier molecular flexibility index (Phi) is 5.45. The van der Waals surface area contributed by atoms with Crippen LogP contribution in [0, 0.1) is 5.82 Å². The van der Waals surface area contributed by atoms with Crippen LogP contribution in [0.4, 0.5) is 30.7 Å². The Morgan fingerprint density at radius 1 is 1.03 bits per heavy atom. The molecule has 0 radical (unpaired) electrons. The molecule has 12 heteroatoms. The van der Waals surface area contributed by atoms with Gasteiger partial charge in [-0.25, -0.2) is 4.39 Å². The molecule has 1 amide bonds. The minimum Gasteiger partial charge on any atom is -0.374 e. The lowest BCUT2D eigenvalue weighted by Crippen LogP contribution is -2.43. The molecule has 0 saturated heterocycles. The molecule has 1 unspecified atom stereocenters. The monoisotopic (exact) mass is 511 g/mol. The summed E-state index contributed by atoms with van der Waals surface area (Å²) < 4.78 is 96.3. The van der Waals surface area contributed by atoms with Crippen molar-refractivity contribution in [3.63, 3.8) is 0 Å². The molecule has 1 fully saturated rings. The Hall–Kier alpha value is -3.70. The smallest absolute Gasteiger partial charge is 0.374 e. The molecule has 0 spiro atoms. The van der Waals surface area contributed by atoms with Crippen LogP contribution in [0.2, 0.25) is 0 Å². The number of rotatable bonds is 4. The summed E-state index contributed by atoms with van der Waals surface area (Å²) in [7, 11) is 0. The highest BCUT2D eigenvalue weighted by Crippen LogP contribution is 2.50. The molecule has 188 valence electrons. The Bertz CT molecular complexity index is 1400. The predicted octanol–water partition coefficient (Wildman–Crippen LogP) is 5.87. The number of hydrogen-bond acceptors (Lipinski definition) is 4. The summed E-state index contributed by atoms with van der Waals surface area (Å²) in [5, 5.41) is 7.16. The molecule has 2 aromatic carbocycles. The number of benzene rings is 2. The Morgan fingerprint density at radius 2 is 1.78 bits per heavy atom. The second-order valence-corrected chi connectivity index (χ2v) is 8.65. The SMILES string of the molecule is O=C(NC1CC1)c1ccc(C2=NOC(c3ccc(F)c(C(F)(F)F)c3)(C(F)(F)F)C2)c2ccncc12. The second kappa shape index (κ2) is 8.17. The minimum absolute atomic E-state index is 0.0706. The van der Waals surface area contributed by atoms with E-state index in [1.165, 1.54) is 30.6 Å². The van der Waals surface area contributed by atoms with E-state index in [4.69, 9.17) is 4.84 Å². The molecule has 1 aliphatic heterocycles. The van der Waals surface area contributed by atoms with Crippen molar-refractivity contribution < 1.29 is 40.4 Å². The van der Waals surface area contributed by atoms with Gasteiger partial charge in [0.25, 0.3) is 11.5 Å². The van der Waals surface area contributed by atoms with Crippen molar-refractivity contribution in [1.82, 2.24) is 10.3 Å². The first-order valence-corrected chi connectivity index (χ1v) is 10.8. The number of hydrogen-bond donors (Lipinski definition) is 1. The largest absolute Gasteiger partial charge is 0.435 e. The average molecular weight is 511 g/mol. The molecule has 5 nitrogen and oxygen atoms in total. The number of nitrogens with one attached hydrogen (secondary N) is 1. The average Bonchev–Trinajstić information content (AvgIpc) is 3.50. The summed E-state index contributed by atoms with van der Waals surface area (Å²) in [5.41, 5.74) is -5.78. The van der Waals surface area contributed by atoms with Gasteiger partial charge in [-0.2, -0.15) is 26.3 Å². The zero-order chi connectivity index (χ0) is 25.9. The number of aromatic nitrogens is 1. The Labute approximate surface area is 198 Å². The van der Waals surface area contributed by atoms with Crippen LogP contribution in [0.5, 0.6) is 0 Å². The normalized spacial score (nSPS) is 20.2. The van der Waals surface area contributed by atoms with E-state index in [1.807, 2.05) is 0 Å². The lowest BCUT2D eigenvalue weighted by molar-refractivity contribution is -0.276. The number of carbonyl (C=O) groups is 1. The zero-order valence-corrected chi connectivity index (χ0v) is 18.2. The van der Waals surface area contributed by atoms with Gasteiger partial charge in [-0.15, -0.1) is 0 Å². The van der Waals surface area contributed by atoms with Crippen molar-refractivity contribution >= 4 is 22.4 Å². The van der Waals surface area contributed by atoms with Crippen molar-refractivity contribution in [2.24, 2.45) is 5.16 Å². The van der Waals surface area contributed by atoms with Gasteiger partial charge in [-0.3, -0.25) is 9.78 Å². The van der Waals surface area contributed by atoms with E-state index >= 15 is 0 Å². The van der Waals surface area contributed by atoms with Crippen LogP contribution in [-0.4, -0.2) is 28.8 Å². The number of nitrogens with zero attached hydrogens (tertiary/aromatic N) is 2. The van der Waals surface area contributed by atoms with Crippen LogP contribution in [0.1, 0.15) is 46.3 Å². The van der Waals surface area contributed by atoms with E-state index in [-0.39, 0.29) is 34.9 Å². The molecule has 2 aliphatic rings. The first-order valence-electron chi connectivity index (χ1n) is 10.8. The summed E-state index contributed by atoms with van der Waals surface area (Å²) >= 11 is 0. The van der Waals surface area contributed by atoms with Gasteiger partial charge in [0.05, 0.1) is 11.3 Å². The van der Waals surface area contributed by atoms with E-state index in [1.54, 1.807) is 0 Å². The fraction of sp³-hybridized carbons (Fsp3) is 0.292. The third-order valence-electron chi connectivity index (χ3n) is 6.21. The van der Waals surface area contributed by atoms with Crippen LogP contribution < -0.4 is 5.32 Å². The van der Waals surface area contributed by atoms with Gasteiger partial charge >= 0.3 is 12.4 Å². The van der Waals surface area contributed by atoms with Crippen molar-refractivity contribution in [3.05, 3.63) is 76.9 Å². The lowest BCUT2D eigenvalue weighted by atomic mass is 9.84. The highest BCUT2D eigenvalue weighted by molar-refractivity contribution is 6.16. The quantitative estimate of drug-likeness (QED) is 0.446. The molecule has 1 atom stereocenters. The third-order valence-corrected chi connectivity index (χ3v) is 6.21. The topological polar surface area (TPSA) is 63.6 Å². The van der Waals surface area contributed by atoms with Crippen LogP contribution >= 0.6 is 0 Å². The molecule has 5 rings (SSSR count). The summed E-state index contributed by atoms with van der Waals surface area (Å²) in [6, 6.07) is 5.41. The second-order valence-electron chi connectivity index (χ2n) is 8.65. The fourth-order valence-electron chi connectivity index (χ4n) is 4.17. The van der Waals surface area contributed by atoms with E-state index < -0.39 is 41.3 Å². The van der Waals surface area contributed by atoms with Gasteiger partial charge in [0.2, 0.25) is 0 Å². The van der Waals surface area contributed by atoms with Gasteiger partial charge in [0, 0.05) is 46.9 Å². The third kappa shape index (κ3) is 4.03. The molecule has 1 saturated carbocycles. The highest BCUT2D eigenvalue weighted by atomic mass is 19.4. The molecule has 1 aliphatic carbocycles. The zero-order valence-electron chi connectivity index (χ0n) is 18.2. The predicted molar refractivity (Wildman–Crippen MR) is 114 cm³/mol. The molecule has 3 aromatic rings. The number of amides is 1. The van der Waals surface area contributed by atoms with Gasteiger partial charge in [0.1, 0.15) is 5.82 Å². The van der Waals surface area contributed by atoms with Crippen molar-refractivity contribution in [3.8, 4) is 0 Å². The van der Waals surface area contributed by atoms with Crippen LogP contribution in [0.15, 0.2) is 53.9 Å². The standard InChI is InChI=1S/C24H16F7N3O2/c25-19-6-1-12(9-18(19)23(26,27)28)22(24(29,30)31)10-20(34-36-22)15-4-5-16(21(35)33-13-2-3-13)17-11-32-8-7-14(15)17/h1,4-9,11,13H,2-3,10H2,(H,33,35). The van der Waals surface area contributed by atoms with Gasteiger partial charge < -0.3 is 10.2 Å². The summed E-state index contributed by atoms with van der Waals surface area (Å²) in [4.78, 5) is 21.5. The molecule has 1 N–H and O–H groups in total. The molecule has 0 bridgehead atoms. The van der Waals surface area contributed by atoms with Gasteiger partial charge in [-0.05, 0) is 42.5 Å². The summed E-state index contributed by atoms with van der Waals surface area (Å²) in [6.45, 7) is 0. The first-order chi connectivity index (χ1) is 16.9. The number of alkyl halides is 6. The lowest BCUT2D eigenvalue weighted by Gasteiger charge is -2.30. The van der Waals surface area contributed by atoms with Crippen LogP contribution in [-0.2, 0) is 16.6 Å². The number of fused-ring (bicyclic) bond motifs is 1. The molecular formula is C24H16F7N3O2. The summed E-state index contributed by atoms with van der Waals surface area (Å²) in [5.74, 6) is -2.07. The maximum Gasteiger partial charge on any atom is 0.435 e. The fourth-order valence-corrected chi connectivity index (χ4v) is 4.17. The van der Waals surface area contributed by atoms with E-state index in [0.29, 0.717) is 22.9 Å². The summed E-state index contributed by atoms with van der Waals surface area (Å²) in [6.07, 6.45) is -6.89. The van der Waals surface area contributed by atoms with Gasteiger partial charge in [0.15, 0.2) is 0 Å². The van der Waals surface area contributed by atoms with E-state index in [0.717, 1.165) is 12.8 Å².